The van der Waals surface area contributed by atoms with E-state index in [2.05, 4.69) is 5.32 Å². The lowest BCUT2D eigenvalue weighted by Crippen LogP contribution is -2.29. The highest BCUT2D eigenvalue weighted by Crippen LogP contribution is 2.22. The van der Waals surface area contributed by atoms with Gasteiger partial charge in [-0.25, -0.2) is 13.6 Å². The first kappa shape index (κ1) is 18.6. The van der Waals surface area contributed by atoms with Crippen LogP contribution in [0.3, 0.4) is 0 Å². The van der Waals surface area contributed by atoms with Crippen LogP contribution in [0.5, 0.6) is 0 Å². The van der Waals surface area contributed by atoms with E-state index in [9.17, 15) is 18.4 Å². The molecule has 0 saturated carbocycles. The van der Waals surface area contributed by atoms with Crippen LogP contribution in [0.1, 0.15) is 12.5 Å². The molecule has 1 N–H and O–H groups in total. The van der Waals surface area contributed by atoms with E-state index >= 15 is 0 Å². The molecule has 0 unspecified atom stereocenters. The predicted molar refractivity (Wildman–Crippen MR) is 91.0 cm³/mol. The second kappa shape index (κ2) is 8.39. The Bertz CT molecular complexity index is 824. The molecule has 0 aliphatic carbocycles. The zero-order chi connectivity index (χ0) is 18.4. The molecule has 2 rings (SSSR count). The van der Waals surface area contributed by atoms with Crippen molar-refractivity contribution in [2.75, 3.05) is 5.32 Å². The minimum atomic E-state index is -1.11. The van der Waals surface area contributed by atoms with Crippen LogP contribution < -0.4 is 5.32 Å². The number of esters is 1. The fraction of sp³-hybridized carbons (Fsp3) is 0.111. The van der Waals surface area contributed by atoms with Gasteiger partial charge in [0.15, 0.2) is 6.10 Å². The lowest BCUT2D eigenvalue weighted by atomic mass is 10.2. The zero-order valence-electron chi connectivity index (χ0n) is 13.1. The Hall–Kier alpha value is -2.73. The van der Waals surface area contributed by atoms with Gasteiger partial charge in [-0.1, -0.05) is 23.7 Å². The van der Waals surface area contributed by atoms with Gasteiger partial charge in [0.05, 0.1) is 10.7 Å². The van der Waals surface area contributed by atoms with Gasteiger partial charge in [-0.15, -0.1) is 0 Å². The van der Waals surface area contributed by atoms with Crippen LogP contribution in [-0.4, -0.2) is 18.0 Å². The highest BCUT2D eigenvalue weighted by atomic mass is 35.5. The lowest BCUT2D eigenvalue weighted by Gasteiger charge is -2.13. The summed E-state index contributed by atoms with van der Waals surface area (Å²) in [5.74, 6) is -2.36. The van der Waals surface area contributed by atoms with Gasteiger partial charge < -0.3 is 10.1 Å². The van der Waals surface area contributed by atoms with E-state index in [1.807, 2.05) is 0 Å². The third kappa shape index (κ3) is 5.69. The van der Waals surface area contributed by atoms with Crippen LogP contribution in [-0.2, 0) is 14.3 Å². The number of ether oxygens (including phenoxy) is 1. The molecule has 0 saturated heterocycles. The smallest absolute Gasteiger partial charge is 0.331 e. The van der Waals surface area contributed by atoms with Gasteiger partial charge in [0.1, 0.15) is 11.6 Å². The third-order valence-electron chi connectivity index (χ3n) is 3.11. The Morgan fingerprint density at radius 2 is 1.88 bits per heavy atom. The number of halogens is 3. The highest BCUT2D eigenvalue weighted by molar-refractivity contribution is 6.33. The summed E-state index contributed by atoms with van der Waals surface area (Å²) in [4.78, 5) is 23.7. The number of benzene rings is 2. The fourth-order valence-corrected chi connectivity index (χ4v) is 2.08. The molecule has 0 spiro atoms. The Morgan fingerprint density at radius 1 is 1.16 bits per heavy atom. The number of anilines is 1. The fourth-order valence-electron chi connectivity index (χ4n) is 1.87. The number of carbonyl (C=O) groups is 2. The molecule has 0 fully saturated rings. The van der Waals surface area contributed by atoms with E-state index in [0.717, 1.165) is 18.2 Å². The number of amides is 1. The molecule has 130 valence electrons. The van der Waals surface area contributed by atoms with Crippen molar-refractivity contribution in [2.24, 2.45) is 0 Å². The minimum absolute atomic E-state index is 0.0258. The highest BCUT2D eigenvalue weighted by Gasteiger charge is 2.17. The van der Waals surface area contributed by atoms with Gasteiger partial charge >= 0.3 is 5.97 Å². The molecular weight excluding hydrogens is 352 g/mol. The average molecular weight is 366 g/mol. The molecule has 1 atom stereocenters. The van der Waals surface area contributed by atoms with Crippen molar-refractivity contribution < 1.29 is 23.1 Å². The van der Waals surface area contributed by atoms with E-state index in [1.54, 1.807) is 6.07 Å². The van der Waals surface area contributed by atoms with Crippen molar-refractivity contribution in [2.45, 2.75) is 13.0 Å². The van der Waals surface area contributed by atoms with Crippen LogP contribution in [0, 0.1) is 11.6 Å². The van der Waals surface area contributed by atoms with Gasteiger partial charge in [0, 0.05) is 6.08 Å². The molecule has 1 amide bonds. The summed E-state index contributed by atoms with van der Waals surface area (Å²) in [6.07, 6.45) is 1.35. The van der Waals surface area contributed by atoms with Crippen LogP contribution >= 0.6 is 11.6 Å². The third-order valence-corrected chi connectivity index (χ3v) is 3.42. The van der Waals surface area contributed by atoms with Gasteiger partial charge in [-0.3, -0.25) is 4.79 Å². The van der Waals surface area contributed by atoms with Crippen molar-refractivity contribution >= 4 is 35.2 Å². The maximum absolute atomic E-state index is 13.0. The number of carbonyl (C=O) groups excluding carboxylic acids is 2. The summed E-state index contributed by atoms with van der Waals surface area (Å²) in [5, 5.41) is 2.46. The molecule has 7 heteroatoms. The number of rotatable bonds is 5. The second-order valence-corrected chi connectivity index (χ2v) is 5.49. The van der Waals surface area contributed by atoms with Gasteiger partial charge in [0.2, 0.25) is 0 Å². The summed E-state index contributed by atoms with van der Waals surface area (Å²) in [6.45, 7) is 1.38. The minimum Gasteiger partial charge on any atom is -0.449 e. The first-order valence-electron chi connectivity index (χ1n) is 7.25. The summed E-state index contributed by atoms with van der Waals surface area (Å²) < 4.78 is 31.0. The van der Waals surface area contributed by atoms with Crippen LogP contribution in [0.25, 0.3) is 6.08 Å². The largest absolute Gasteiger partial charge is 0.449 e. The van der Waals surface area contributed by atoms with E-state index in [-0.39, 0.29) is 10.7 Å². The molecule has 0 aromatic heterocycles. The molecule has 2 aromatic carbocycles. The molecule has 2 aromatic rings. The van der Waals surface area contributed by atoms with E-state index in [1.165, 1.54) is 37.3 Å². The lowest BCUT2D eigenvalue weighted by molar-refractivity contribution is -0.148. The molecule has 4 nitrogen and oxygen atoms in total. The molecule has 0 heterocycles. The Morgan fingerprint density at radius 3 is 2.56 bits per heavy atom. The van der Waals surface area contributed by atoms with E-state index in [0.29, 0.717) is 5.56 Å². The number of hydrogen-bond donors (Lipinski definition) is 1. The second-order valence-electron chi connectivity index (χ2n) is 5.08. The Labute approximate surface area is 148 Å². The SMILES string of the molecule is C[C@@H](OC(=O)/C=C/c1cccc(F)c1)C(=O)Nc1ccc(F)cc1Cl. The molecule has 0 radical (unpaired) electrons. The summed E-state index contributed by atoms with van der Waals surface area (Å²) >= 11 is 5.81. The topological polar surface area (TPSA) is 55.4 Å². The molecule has 0 bridgehead atoms. The summed E-state index contributed by atoms with van der Waals surface area (Å²) in [7, 11) is 0. The number of nitrogens with one attached hydrogen (secondary N) is 1. The molecule has 0 aliphatic heterocycles. The Kier molecular flexibility index (Phi) is 6.25. The standard InChI is InChI=1S/C18H14ClF2NO3/c1-11(18(24)22-16-7-6-14(21)10-15(16)19)25-17(23)8-5-12-3-2-4-13(20)9-12/h2-11H,1H3,(H,22,24)/b8-5+/t11-/m1/s1. The van der Waals surface area contributed by atoms with Crippen molar-refractivity contribution in [1.29, 1.82) is 0 Å². The van der Waals surface area contributed by atoms with Crippen LogP contribution in [0.4, 0.5) is 14.5 Å². The normalized spacial score (nSPS) is 12.0. The Balaban J connectivity index is 1.92. The van der Waals surface area contributed by atoms with Crippen LogP contribution in [0.2, 0.25) is 5.02 Å². The average Bonchev–Trinajstić information content (AvgIpc) is 2.55. The monoisotopic (exact) mass is 365 g/mol. The molecular formula is C18H14ClF2NO3. The quantitative estimate of drug-likeness (QED) is 0.638. The summed E-state index contributed by atoms with van der Waals surface area (Å²) in [6, 6.07) is 9.13. The van der Waals surface area contributed by atoms with Gasteiger partial charge in [0.25, 0.3) is 5.91 Å². The first-order chi connectivity index (χ1) is 11.8. The van der Waals surface area contributed by atoms with Gasteiger partial charge in [-0.2, -0.15) is 0 Å². The van der Waals surface area contributed by atoms with Crippen LogP contribution in [0.15, 0.2) is 48.5 Å². The van der Waals surface area contributed by atoms with E-state index < -0.39 is 29.6 Å². The zero-order valence-corrected chi connectivity index (χ0v) is 13.9. The first-order valence-corrected chi connectivity index (χ1v) is 7.63. The van der Waals surface area contributed by atoms with Crippen molar-refractivity contribution in [1.82, 2.24) is 0 Å². The van der Waals surface area contributed by atoms with Crippen molar-refractivity contribution in [3.8, 4) is 0 Å². The van der Waals surface area contributed by atoms with E-state index in [4.69, 9.17) is 16.3 Å². The van der Waals surface area contributed by atoms with Crippen molar-refractivity contribution in [3.05, 3.63) is 70.8 Å². The molecule has 0 aliphatic rings. The number of hydrogen-bond acceptors (Lipinski definition) is 3. The summed E-state index contributed by atoms with van der Waals surface area (Å²) in [5.41, 5.74) is 0.679. The van der Waals surface area contributed by atoms with Crippen molar-refractivity contribution in [3.63, 3.8) is 0 Å². The van der Waals surface area contributed by atoms with Gasteiger partial charge in [-0.05, 0) is 48.9 Å². The maximum Gasteiger partial charge on any atom is 0.331 e. The maximum atomic E-state index is 13.0. The predicted octanol–water partition coefficient (Wildman–Crippen LogP) is 4.20. The molecule has 25 heavy (non-hydrogen) atoms.